The molecular formula is C9H15NO3S. The highest BCUT2D eigenvalue weighted by molar-refractivity contribution is 7.92. The fraction of sp³-hybridized carbons (Fsp3) is 0.889. The Hall–Kier alpha value is -0.600. The highest BCUT2D eigenvalue weighted by Crippen LogP contribution is 2.25. The van der Waals surface area contributed by atoms with E-state index in [0.717, 1.165) is 0 Å². The van der Waals surface area contributed by atoms with Gasteiger partial charge >= 0.3 is 0 Å². The summed E-state index contributed by atoms with van der Waals surface area (Å²) in [6.07, 6.45) is 0.381. The summed E-state index contributed by atoms with van der Waals surface area (Å²) in [4.78, 5) is 0. The highest BCUT2D eigenvalue weighted by atomic mass is 32.2. The van der Waals surface area contributed by atoms with Crippen LogP contribution in [0.1, 0.15) is 26.7 Å². The molecule has 0 radical (unpaired) electrons. The molecule has 5 heteroatoms. The summed E-state index contributed by atoms with van der Waals surface area (Å²) in [6.45, 7) is 3.86. The quantitative estimate of drug-likeness (QED) is 0.703. The van der Waals surface area contributed by atoms with Crippen LogP contribution in [0.3, 0.4) is 0 Å². The van der Waals surface area contributed by atoms with Crippen LogP contribution in [0.5, 0.6) is 0 Å². The smallest absolute Gasteiger partial charge is 0.159 e. The molecule has 1 fully saturated rings. The molecule has 1 rings (SSSR count). The third-order valence-electron chi connectivity index (χ3n) is 2.67. The van der Waals surface area contributed by atoms with Crippen molar-refractivity contribution in [1.29, 1.82) is 5.26 Å². The lowest BCUT2D eigenvalue weighted by atomic mass is 10.3. The molecule has 14 heavy (non-hydrogen) atoms. The third-order valence-corrected chi connectivity index (χ3v) is 5.42. The zero-order chi connectivity index (χ0) is 10.8. The molecule has 0 aromatic rings. The summed E-state index contributed by atoms with van der Waals surface area (Å²) < 4.78 is 29.0. The molecule has 3 atom stereocenters. The van der Waals surface area contributed by atoms with E-state index in [-0.39, 0.29) is 12.5 Å². The first kappa shape index (κ1) is 11.5. The van der Waals surface area contributed by atoms with Gasteiger partial charge in [0.2, 0.25) is 0 Å². The van der Waals surface area contributed by atoms with E-state index in [0.29, 0.717) is 13.0 Å². The van der Waals surface area contributed by atoms with Crippen LogP contribution in [-0.4, -0.2) is 31.6 Å². The number of hydrogen-bond donors (Lipinski definition) is 0. The van der Waals surface area contributed by atoms with Crippen molar-refractivity contribution < 1.29 is 13.2 Å². The van der Waals surface area contributed by atoms with Gasteiger partial charge in [0.1, 0.15) is 0 Å². The van der Waals surface area contributed by atoms with E-state index in [1.54, 1.807) is 13.8 Å². The lowest BCUT2D eigenvalue weighted by Crippen LogP contribution is -2.34. The van der Waals surface area contributed by atoms with Crippen LogP contribution < -0.4 is 0 Å². The molecule has 0 saturated carbocycles. The van der Waals surface area contributed by atoms with Gasteiger partial charge in [-0.05, 0) is 20.3 Å². The topological polar surface area (TPSA) is 67.2 Å². The average molecular weight is 217 g/mol. The third kappa shape index (κ3) is 2.07. The molecule has 1 heterocycles. The minimum Gasteiger partial charge on any atom is -0.377 e. The number of nitriles is 1. The molecule has 0 bridgehead atoms. The molecule has 80 valence electrons. The molecule has 0 N–H and O–H groups in total. The van der Waals surface area contributed by atoms with Gasteiger partial charge in [0.25, 0.3) is 0 Å². The van der Waals surface area contributed by atoms with E-state index in [2.05, 4.69) is 0 Å². The van der Waals surface area contributed by atoms with Gasteiger partial charge in [-0.3, -0.25) is 0 Å². The molecule has 4 nitrogen and oxygen atoms in total. The summed E-state index contributed by atoms with van der Waals surface area (Å²) in [6, 6.07) is 1.89. The van der Waals surface area contributed by atoms with E-state index in [1.165, 1.54) is 0 Å². The Morgan fingerprint density at radius 1 is 1.64 bits per heavy atom. The monoisotopic (exact) mass is 217 g/mol. The zero-order valence-electron chi connectivity index (χ0n) is 8.43. The number of sulfone groups is 1. The SMILES string of the molecule is CC1OCCC1S(=O)(=O)C(C)CC#N. The summed E-state index contributed by atoms with van der Waals surface area (Å²) in [7, 11) is -3.20. The minimum absolute atomic E-state index is 0.0611. The molecule has 1 aliphatic rings. The number of hydrogen-bond acceptors (Lipinski definition) is 4. The van der Waals surface area contributed by atoms with Crippen molar-refractivity contribution in [2.75, 3.05) is 6.61 Å². The first-order valence-electron chi connectivity index (χ1n) is 4.71. The maximum atomic E-state index is 11.9. The van der Waals surface area contributed by atoms with Gasteiger partial charge in [-0.15, -0.1) is 0 Å². The normalized spacial score (nSPS) is 29.8. The number of rotatable bonds is 3. The largest absolute Gasteiger partial charge is 0.377 e. The first-order valence-corrected chi connectivity index (χ1v) is 6.32. The van der Waals surface area contributed by atoms with Crippen LogP contribution in [0, 0.1) is 11.3 Å². The predicted molar refractivity (Wildman–Crippen MR) is 52.4 cm³/mol. The van der Waals surface area contributed by atoms with E-state index < -0.39 is 20.3 Å². The summed E-state index contributed by atoms with van der Waals surface area (Å²) in [5.74, 6) is 0. The van der Waals surface area contributed by atoms with Crippen molar-refractivity contribution in [3.8, 4) is 6.07 Å². The molecule has 0 aromatic carbocycles. The Labute approximate surface area is 84.8 Å². The van der Waals surface area contributed by atoms with Gasteiger partial charge in [-0.25, -0.2) is 8.42 Å². The van der Waals surface area contributed by atoms with Gasteiger partial charge in [0, 0.05) is 6.61 Å². The lowest BCUT2D eigenvalue weighted by Gasteiger charge is -2.18. The second kappa shape index (κ2) is 4.28. The maximum Gasteiger partial charge on any atom is 0.159 e. The Bertz CT molecular complexity index is 330. The lowest BCUT2D eigenvalue weighted by molar-refractivity contribution is 0.126. The predicted octanol–water partition coefficient (Wildman–Crippen LogP) is 0.881. The van der Waals surface area contributed by atoms with Crippen molar-refractivity contribution in [1.82, 2.24) is 0 Å². The fourth-order valence-corrected chi connectivity index (χ4v) is 3.63. The van der Waals surface area contributed by atoms with Crippen LogP contribution in [0.25, 0.3) is 0 Å². The number of ether oxygens (including phenoxy) is 1. The minimum atomic E-state index is -3.20. The molecule has 0 amide bonds. The fourth-order valence-electron chi connectivity index (χ4n) is 1.69. The van der Waals surface area contributed by atoms with Crippen LogP contribution in [0.4, 0.5) is 0 Å². The summed E-state index contributed by atoms with van der Waals surface area (Å²) in [5, 5.41) is 7.46. The van der Waals surface area contributed by atoms with Gasteiger partial charge in [0.15, 0.2) is 9.84 Å². The van der Waals surface area contributed by atoms with Crippen molar-refractivity contribution >= 4 is 9.84 Å². The molecule has 3 unspecified atom stereocenters. The zero-order valence-corrected chi connectivity index (χ0v) is 9.25. The van der Waals surface area contributed by atoms with E-state index >= 15 is 0 Å². The Morgan fingerprint density at radius 2 is 2.29 bits per heavy atom. The van der Waals surface area contributed by atoms with Crippen LogP contribution in [0.15, 0.2) is 0 Å². The summed E-state index contributed by atoms with van der Waals surface area (Å²) >= 11 is 0. The van der Waals surface area contributed by atoms with Crippen molar-refractivity contribution in [2.24, 2.45) is 0 Å². The van der Waals surface area contributed by atoms with E-state index in [4.69, 9.17) is 10.00 Å². The molecule has 1 saturated heterocycles. The maximum absolute atomic E-state index is 11.9. The van der Waals surface area contributed by atoms with Gasteiger partial charge < -0.3 is 4.74 Å². The Morgan fingerprint density at radius 3 is 2.71 bits per heavy atom. The van der Waals surface area contributed by atoms with E-state index in [9.17, 15) is 8.42 Å². The van der Waals surface area contributed by atoms with Gasteiger partial charge in [0.05, 0.1) is 29.1 Å². The second-order valence-electron chi connectivity index (χ2n) is 3.66. The van der Waals surface area contributed by atoms with Crippen molar-refractivity contribution in [2.45, 2.75) is 43.3 Å². The van der Waals surface area contributed by atoms with Crippen molar-refractivity contribution in [3.05, 3.63) is 0 Å². The summed E-state index contributed by atoms with van der Waals surface area (Å²) in [5.41, 5.74) is 0. The molecule has 0 aliphatic carbocycles. The Balaban J connectivity index is 2.80. The standard InChI is InChI=1S/C9H15NO3S/c1-7(3-5-10)14(11,12)9-4-6-13-8(9)2/h7-9H,3-4,6H2,1-2H3. The highest BCUT2D eigenvalue weighted by Gasteiger charge is 2.38. The second-order valence-corrected chi connectivity index (χ2v) is 6.25. The first-order chi connectivity index (χ1) is 6.50. The van der Waals surface area contributed by atoms with Crippen LogP contribution >= 0.6 is 0 Å². The van der Waals surface area contributed by atoms with Gasteiger partial charge in [-0.1, -0.05) is 0 Å². The molecular weight excluding hydrogens is 202 g/mol. The molecule has 0 aromatic heterocycles. The van der Waals surface area contributed by atoms with E-state index in [1.807, 2.05) is 6.07 Å². The molecule has 1 aliphatic heterocycles. The van der Waals surface area contributed by atoms with Crippen LogP contribution in [-0.2, 0) is 14.6 Å². The van der Waals surface area contributed by atoms with Crippen LogP contribution in [0.2, 0.25) is 0 Å². The van der Waals surface area contributed by atoms with Gasteiger partial charge in [-0.2, -0.15) is 5.26 Å². The average Bonchev–Trinajstić information content (AvgIpc) is 2.52. The number of nitrogens with zero attached hydrogens (tertiary/aromatic N) is 1. The Kier molecular flexibility index (Phi) is 3.51. The van der Waals surface area contributed by atoms with Crippen molar-refractivity contribution in [3.63, 3.8) is 0 Å². The molecule has 0 spiro atoms.